The first-order valence-corrected chi connectivity index (χ1v) is 5.42. The minimum absolute atomic E-state index is 0.522. The van der Waals surface area contributed by atoms with Gasteiger partial charge in [-0.1, -0.05) is 13.8 Å². The second-order valence-electron chi connectivity index (χ2n) is 3.58. The Morgan fingerprint density at radius 1 is 1.57 bits per heavy atom. The number of hydrogen-bond donors (Lipinski definition) is 1. The quantitative estimate of drug-likeness (QED) is 0.904. The molecule has 3 nitrogen and oxygen atoms in total. The van der Waals surface area contributed by atoms with Crippen molar-refractivity contribution < 1.29 is 4.74 Å². The maximum absolute atomic E-state index is 5.72. The van der Waals surface area contributed by atoms with Crippen LogP contribution in [-0.4, -0.2) is 11.6 Å². The van der Waals surface area contributed by atoms with E-state index in [0.29, 0.717) is 24.1 Å². The number of ether oxygens (including phenoxy) is 1. The average molecular weight is 259 g/mol. The first kappa shape index (κ1) is 11.3. The number of pyridine rings is 1. The number of aromatic nitrogens is 1. The molecule has 0 amide bonds. The Morgan fingerprint density at radius 3 is 2.86 bits per heavy atom. The van der Waals surface area contributed by atoms with Crippen LogP contribution < -0.4 is 10.5 Å². The Balaban J connectivity index is 2.51. The summed E-state index contributed by atoms with van der Waals surface area (Å²) in [6.45, 7) is 4.97. The maximum Gasteiger partial charge on any atom is 0.237 e. The largest absolute Gasteiger partial charge is 0.476 e. The summed E-state index contributed by atoms with van der Waals surface area (Å²) in [5, 5.41) is 0. The summed E-state index contributed by atoms with van der Waals surface area (Å²) in [5.41, 5.74) is 6.29. The van der Waals surface area contributed by atoms with Gasteiger partial charge >= 0.3 is 0 Å². The predicted octanol–water partition coefficient (Wildman–Crippen LogP) is 2.85. The van der Waals surface area contributed by atoms with Crippen molar-refractivity contribution in [3.63, 3.8) is 0 Å². The molecule has 0 bridgehead atoms. The first-order valence-electron chi connectivity index (χ1n) is 4.63. The third-order valence-corrected chi connectivity index (χ3v) is 2.21. The van der Waals surface area contributed by atoms with Crippen molar-refractivity contribution in [3.05, 3.63) is 16.7 Å². The Morgan fingerprint density at radius 2 is 2.29 bits per heavy atom. The van der Waals surface area contributed by atoms with E-state index in [9.17, 15) is 0 Å². The topological polar surface area (TPSA) is 48.1 Å². The molecular weight excluding hydrogens is 244 g/mol. The summed E-state index contributed by atoms with van der Waals surface area (Å²) >= 11 is 3.29. The van der Waals surface area contributed by atoms with Crippen molar-refractivity contribution in [2.45, 2.75) is 20.3 Å². The van der Waals surface area contributed by atoms with Crippen molar-refractivity contribution in [1.29, 1.82) is 0 Å². The van der Waals surface area contributed by atoms with E-state index >= 15 is 0 Å². The molecule has 0 spiro atoms. The van der Waals surface area contributed by atoms with Crippen molar-refractivity contribution in [2.75, 3.05) is 12.3 Å². The van der Waals surface area contributed by atoms with Crippen LogP contribution >= 0.6 is 15.9 Å². The summed E-state index contributed by atoms with van der Waals surface area (Å²) in [6.07, 6.45) is 2.69. The van der Waals surface area contributed by atoms with Gasteiger partial charge in [-0.25, -0.2) is 4.98 Å². The molecule has 0 saturated carbocycles. The lowest BCUT2D eigenvalue weighted by atomic mass is 10.1. The number of nitrogens with zero attached hydrogens (tertiary/aromatic N) is 1. The number of nitrogen functional groups attached to an aromatic ring is 1. The Kier molecular flexibility index (Phi) is 4.20. The Bertz CT molecular complexity index is 302. The highest BCUT2D eigenvalue weighted by Gasteiger charge is 2.02. The highest BCUT2D eigenvalue weighted by molar-refractivity contribution is 9.10. The fraction of sp³-hybridized carbons (Fsp3) is 0.500. The predicted molar refractivity (Wildman–Crippen MR) is 61.3 cm³/mol. The number of anilines is 1. The number of hydrogen-bond acceptors (Lipinski definition) is 3. The average Bonchev–Trinajstić information content (AvgIpc) is 2.08. The molecule has 2 N–H and O–H groups in total. The van der Waals surface area contributed by atoms with Crippen LogP contribution in [0, 0.1) is 5.92 Å². The lowest BCUT2D eigenvalue weighted by molar-refractivity contribution is 0.281. The van der Waals surface area contributed by atoms with Gasteiger partial charge in [0.15, 0.2) is 0 Å². The first-order chi connectivity index (χ1) is 6.59. The lowest BCUT2D eigenvalue weighted by Gasteiger charge is -2.08. The van der Waals surface area contributed by atoms with Gasteiger partial charge < -0.3 is 10.5 Å². The molecule has 1 aromatic rings. The zero-order chi connectivity index (χ0) is 10.6. The second-order valence-corrected chi connectivity index (χ2v) is 4.49. The van der Waals surface area contributed by atoms with E-state index in [1.54, 1.807) is 12.3 Å². The number of rotatable bonds is 4. The van der Waals surface area contributed by atoms with Gasteiger partial charge in [0.2, 0.25) is 5.88 Å². The van der Waals surface area contributed by atoms with E-state index in [4.69, 9.17) is 10.5 Å². The second kappa shape index (κ2) is 5.20. The molecule has 14 heavy (non-hydrogen) atoms. The molecule has 0 saturated heterocycles. The van der Waals surface area contributed by atoms with Crippen LogP contribution in [0.5, 0.6) is 5.88 Å². The van der Waals surface area contributed by atoms with Crippen LogP contribution in [0.3, 0.4) is 0 Å². The van der Waals surface area contributed by atoms with Crippen LogP contribution in [0.25, 0.3) is 0 Å². The van der Waals surface area contributed by atoms with E-state index in [1.807, 2.05) is 0 Å². The minimum atomic E-state index is 0.522. The molecular formula is C10H15BrN2O. The van der Waals surface area contributed by atoms with E-state index in [-0.39, 0.29) is 0 Å². The van der Waals surface area contributed by atoms with E-state index in [0.717, 1.165) is 10.9 Å². The Labute approximate surface area is 92.8 Å². The molecule has 0 aliphatic carbocycles. The molecule has 0 aliphatic rings. The molecule has 0 fully saturated rings. The van der Waals surface area contributed by atoms with Crippen molar-refractivity contribution in [2.24, 2.45) is 5.92 Å². The van der Waals surface area contributed by atoms with Crippen molar-refractivity contribution in [1.82, 2.24) is 4.98 Å². The number of nitrogens with two attached hydrogens (primary N) is 1. The van der Waals surface area contributed by atoms with Crippen LogP contribution in [-0.2, 0) is 0 Å². The van der Waals surface area contributed by atoms with Gasteiger partial charge in [0.1, 0.15) is 0 Å². The molecule has 0 atom stereocenters. The monoisotopic (exact) mass is 258 g/mol. The van der Waals surface area contributed by atoms with Gasteiger partial charge in [-0.05, 0) is 34.3 Å². The smallest absolute Gasteiger partial charge is 0.237 e. The summed E-state index contributed by atoms with van der Waals surface area (Å²) in [4.78, 5) is 4.08. The zero-order valence-electron chi connectivity index (χ0n) is 8.46. The van der Waals surface area contributed by atoms with Gasteiger partial charge in [0.25, 0.3) is 0 Å². The highest BCUT2D eigenvalue weighted by atomic mass is 79.9. The van der Waals surface area contributed by atoms with E-state index in [1.165, 1.54) is 0 Å². The maximum atomic E-state index is 5.72. The van der Waals surface area contributed by atoms with Crippen molar-refractivity contribution in [3.8, 4) is 5.88 Å². The molecule has 0 aromatic carbocycles. The van der Waals surface area contributed by atoms with Crippen molar-refractivity contribution >= 4 is 21.6 Å². The standard InChI is InChI=1S/C10H15BrN2O/c1-7(2)3-4-14-10-9(12)5-8(11)6-13-10/h5-7H,3-4,12H2,1-2H3. The Hall–Kier alpha value is -0.770. The van der Waals surface area contributed by atoms with Gasteiger partial charge in [-0.2, -0.15) is 0 Å². The molecule has 4 heteroatoms. The van der Waals surface area contributed by atoms with Gasteiger partial charge in [0, 0.05) is 10.7 Å². The van der Waals surface area contributed by atoms with Crippen LogP contribution in [0.15, 0.2) is 16.7 Å². The molecule has 1 aromatic heterocycles. The summed E-state index contributed by atoms with van der Waals surface area (Å²) in [7, 11) is 0. The van der Waals surface area contributed by atoms with Gasteiger partial charge in [0.05, 0.1) is 12.3 Å². The molecule has 1 rings (SSSR count). The van der Waals surface area contributed by atoms with Gasteiger partial charge in [-0.3, -0.25) is 0 Å². The molecule has 1 heterocycles. The van der Waals surface area contributed by atoms with E-state index in [2.05, 4.69) is 34.8 Å². The van der Waals surface area contributed by atoms with E-state index < -0.39 is 0 Å². The molecule has 0 unspecified atom stereocenters. The lowest BCUT2D eigenvalue weighted by Crippen LogP contribution is -2.04. The zero-order valence-corrected chi connectivity index (χ0v) is 10.0. The number of halogens is 1. The highest BCUT2D eigenvalue weighted by Crippen LogP contribution is 2.22. The molecule has 0 radical (unpaired) electrons. The van der Waals surface area contributed by atoms with Crippen LogP contribution in [0.2, 0.25) is 0 Å². The molecule has 78 valence electrons. The third-order valence-electron chi connectivity index (χ3n) is 1.78. The fourth-order valence-electron chi connectivity index (χ4n) is 0.954. The SMILES string of the molecule is CC(C)CCOc1ncc(Br)cc1N. The van der Waals surface area contributed by atoms with Crippen LogP contribution in [0.1, 0.15) is 20.3 Å². The fourth-order valence-corrected chi connectivity index (χ4v) is 1.30. The molecule has 0 aliphatic heterocycles. The third kappa shape index (κ3) is 3.54. The normalized spacial score (nSPS) is 10.6. The van der Waals surface area contributed by atoms with Gasteiger partial charge in [-0.15, -0.1) is 0 Å². The summed E-state index contributed by atoms with van der Waals surface area (Å²) in [5.74, 6) is 1.15. The van der Waals surface area contributed by atoms with Crippen LogP contribution in [0.4, 0.5) is 5.69 Å². The summed E-state index contributed by atoms with van der Waals surface area (Å²) < 4.78 is 6.31. The summed E-state index contributed by atoms with van der Waals surface area (Å²) in [6, 6.07) is 1.79. The minimum Gasteiger partial charge on any atom is -0.476 e.